The minimum atomic E-state index is -7.14. The predicted molar refractivity (Wildman–Crippen MR) is 57.1 cm³/mol. The van der Waals surface area contributed by atoms with Crippen molar-refractivity contribution >= 4 is 5.95 Å². The SMILES string of the molecule is Cc1cc(C(F)(OC(F)(F)C(F)(F)C(F)(F)F)C(F)(F)F)nc(N)n1. The maximum Gasteiger partial charge on any atom is 0.462 e. The Morgan fingerprint density at radius 1 is 0.840 bits per heavy atom. The van der Waals surface area contributed by atoms with Gasteiger partial charge in [-0.2, -0.15) is 48.3 Å². The summed E-state index contributed by atoms with van der Waals surface area (Å²) >= 11 is 0. The molecule has 0 spiro atoms. The summed E-state index contributed by atoms with van der Waals surface area (Å²) in [5, 5.41) is 0. The van der Waals surface area contributed by atoms with E-state index in [9.17, 15) is 48.3 Å². The number of ether oxygens (including phenoxy) is 1. The Morgan fingerprint density at radius 2 is 1.32 bits per heavy atom. The summed E-state index contributed by atoms with van der Waals surface area (Å²) in [4.78, 5) is 5.76. The summed E-state index contributed by atoms with van der Waals surface area (Å²) in [6, 6.07) is 0.0334. The van der Waals surface area contributed by atoms with Gasteiger partial charge in [-0.05, 0) is 13.0 Å². The normalized spacial score (nSPS) is 16.6. The van der Waals surface area contributed by atoms with Crippen molar-refractivity contribution in [3.8, 4) is 0 Å². The number of aromatic nitrogens is 2. The van der Waals surface area contributed by atoms with E-state index in [1.54, 1.807) is 0 Å². The number of nitrogens with zero attached hydrogens (tertiary/aromatic N) is 2. The lowest BCUT2D eigenvalue weighted by atomic mass is 10.1. The van der Waals surface area contributed by atoms with Gasteiger partial charge in [0.15, 0.2) is 0 Å². The van der Waals surface area contributed by atoms with E-state index < -0.39 is 47.6 Å². The van der Waals surface area contributed by atoms with Crippen LogP contribution in [-0.2, 0) is 10.6 Å². The number of nitrogen functional groups attached to an aromatic ring is 1. The van der Waals surface area contributed by atoms with E-state index in [2.05, 4.69) is 14.7 Å². The zero-order valence-electron chi connectivity index (χ0n) is 11.6. The third-order valence-corrected chi connectivity index (χ3v) is 2.56. The van der Waals surface area contributed by atoms with Crippen LogP contribution in [0.1, 0.15) is 11.4 Å². The maximum atomic E-state index is 14.1. The number of alkyl halides is 11. The Labute approximate surface area is 130 Å². The molecule has 0 saturated heterocycles. The van der Waals surface area contributed by atoms with Gasteiger partial charge >= 0.3 is 30.2 Å². The Hall–Kier alpha value is -1.93. The zero-order valence-corrected chi connectivity index (χ0v) is 11.6. The quantitative estimate of drug-likeness (QED) is 0.790. The highest BCUT2D eigenvalue weighted by Gasteiger charge is 2.78. The van der Waals surface area contributed by atoms with Gasteiger partial charge in [0.25, 0.3) is 0 Å². The maximum absolute atomic E-state index is 14.1. The van der Waals surface area contributed by atoms with Gasteiger partial charge in [0, 0.05) is 5.69 Å². The molecular weight excluding hydrogens is 387 g/mol. The molecule has 0 aliphatic rings. The third kappa shape index (κ3) is 3.69. The van der Waals surface area contributed by atoms with Crippen LogP contribution < -0.4 is 5.73 Å². The molecule has 1 rings (SSSR count). The minimum absolute atomic E-state index is 0.0334. The molecule has 1 unspecified atom stereocenters. The van der Waals surface area contributed by atoms with Crippen LogP contribution in [0, 0.1) is 6.92 Å². The second-order valence-electron chi connectivity index (χ2n) is 4.54. The predicted octanol–water partition coefficient (Wildman–Crippen LogP) is 3.86. The molecule has 0 saturated carbocycles. The summed E-state index contributed by atoms with van der Waals surface area (Å²) in [7, 11) is 0. The van der Waals surface area contributed by atoms with Crippen molar-refractivity contribution in [2.24, 2.45) is 0 Å². The van der Waals surface area contributed by atoms with E-state index in [4.69, 9.17) is 5.73 Å². The highest BCUT2D eigenvalue weighted by atomic mass is 19.4. The smallest absolute Gasteiger partial charge is 0.368 e. The van der Waals surface area contributed by atoms with Crippen LogP contribution in [0.15, 0.2) is 6.07 Å². The molecule has 1 heterocycles. The Bertz CT molecular complexity index is 622. The highest BCUT2D eigenvalue weighted by molar-refractivity contribution is 5.25. The van der Waals surface area contributed by atoms with Gasteiger partial charge in [-0.15, -0.1) is 0 Å². The van der Waals surface area contributed by atoms with Crippen molar-refractivity contribution in [2.45, 2.75) is 37.2 Å². The van der Waals surface area contributed by atoms with Crippen LogP contribution in [-0.4, -0.2) is 34.4 Å². The lowest BCUT2D eigenvalue weighted by Gasteiger charge is -2.34. The van der Waals surface area contributed by atoms with Crippen molar-refractivity contribution < 1.29 is 53.0 Å². The minimum Gasteiger partial charge on any atom is -0.368 e. The standard InChI is InChI=1S/C10H6F11N3O/c1-3-2-4(24-5(22)23-3)6(11,8(14,15)16)25-10(20,21)7(12,13)9(17,18)19/h2H,1H3,(H2,22,23,24). The van der Waals surface area contributed by atoms with E-state index in [1.165, 1.54) is 0 Å². The molecule has 144 valence electrons. The van der Waals surface area contributed by atoms with Crippen molar-refractivity contribution in [3.05, 3.63) is 17.5 Å². The first kappa shape index (κ1) is 21.1. The first-order chi connectivity index (χ1) is 10.8. The summed E-state index contributed by atoms with van der Waals surface area (Å²) in [5.41, 5.74) is 2.22. The summed E-state index contributed by atoms with van der Waals surface area (Å²) in [6.07, 6.45) is -20.5. The van der Waals surface area contributed by atoms with Crippen molar-refractivity contribution in [1.29, 1.82) is 0 Å². The molecule has 0 aliphatic carbocycles. The van der Waals surface area contributed by atoms with Crippen LogP contribution in [0.2, 0.25) is 0 Å². The second kappa shape index (κ2) is 5.81. The van der Waals surface area contributed by atoms with Crippen molar-refractivity contribution in [1.82, 2.24) is 9.97 Å². The Morgan fingerprint density at radius 3 is 1.68 bits per heavy atom. The molecule has 2 N–H and O–H groups in total. The van der Waals surface area contributed by atoms with Gasteiger partial charge in [0.05, 0.1) is 0 Å². The fourth-order valence-electron chi connectivity index (χ4n) is 1.42. The van der Waals surface area contributed by atoms with Crippen molar-refractivity contribution in [3.63, 3.8) is 0 Å². The lowest BCUT2D eigenvalue weighted by Crippen LogP contribution is -2.58. The van der Waals surface area contributed by atoms with Gasteiger partial charge in [0.2, 0.25) is 5.95 Å². The van der Waals surface area contributed by atoms with Gasteiger partial charge < -0.3 is 5.73 Å². The van der Waals surface area contributed by atoms with Crippen LogP contribution in [0.5, 0.6) is 0 Å². The molecule has 0 bridgehead atoms. The molecule has 4 nitrogen and oxygen atoms in total. The first-order valence-electron chi connectivity index (χ1n) is 5.75. The Kier molecular flexibility index (Phi) is 4.91. The van der Waals surface area contributed by atoms with Gasteiger partial charge in [-0.3, -0.25) is 4.74 Å². The van der Waals surface area contributed by atoms with Crippen LogP contribution >= 0.6 is 0 Å². The zero-order chi connectivity index (χ0) is 20.1. The summed E-state index contributed by atoms with van der Waals surface area (Å²) in [6.45, 7) is 0.890. The molecule has 0 aliphatic heterocycles. The number of hydrogen-bond donors (Lipinski definition) is 1. The van der Waals surface area contributed by atoms with Gasteiger partial charge in [-0.25, -0.2) is 9.97 Å². The van der Waals surface area contributed by atoms with Crippen molar-refractivity contribution in [2.75, 3.05) is 5.73 Å². The van der Waals surface area contributed by atoms with Crippen LogP contribution in [0.25, 0.3) is 0 Å². The van der Waals surface area contributed by atoms with E-state index in [1.807, 2.05) is 0 Å². The molecule has 0 fully saturated rings. The monoisotopic (exact) mass is 393 g/mol. The first-order valence-corrected chi connectivity index (χ1v) is 5.75. The molecule has 0 amide bonds. The molecular formula is C10H6F11N3O. The summed E-state index contributed by atoms with van der Waals surface area (Å²) in [5.74, 6) is -14.1. The molecule has 1 aromatic rings. The number of hydrogen-bond acceptors (Lipinski definition) is 4. The largest absolute Gasteiger partial charge is 0.462 e. The molecule has 0 aromatic carbocycles. The fourth-order valence-corrected chi connectivity index (χ4v) is 1.42. The molecule has 25 heavy (non-hydrogen) atoms. The summed E-state index contributed by atoms with van der Waals surface area (Å²) < 4.78 is 142. The molecule has 0 radical (unpaired) electrons. The van der Waals surface area contributed by atoms with Crippen LogP contribution in [0.3, 0.4) is 0 Å². The van der Waals surface area contributed by atoms with E-state index in [0.717, 1.165) is 6.92 Å². The van der Waals surface area contributed by atoms with E-state index >= 15 is 0 Å². The topological polar surface area (TPSA) is 61.0 Å². The molecule has 1 atom stereocenters. The average Bonchev–Trinajstić information content (AvgIpc) is 2.33. The number of anilines is 1. The van der Waals surface area contributed by atoms with E-state index in [0.29, 0.717) is 0 Å². The molecule has 15 heteroatoms. The molecule has 1 aromatic heterocycles. The number of aryl methyl sites for hydroxylation is 1. The van der Waals surface area contributed by atoms with Gasteiger partial charge in [-0.1, -0.05) is 0 Å². The average molecular weight is 393 g/mol. The second-order valence-corrected chi connectivity index (χ2v) is 4.54. The highest BCUT2D eigenvalue weighted by Crippen LogP contribution is 2.53. The number of halogens is 11. The third-order valence-electron chi connectivity index (χ3n) is 2.56. The Balaban J connectivity index is 3.53. The number of nitrogens with two attached hydrogens (primary N) is 1. The van der Waals surface area contributed by atoms with E-state index in [-0.39, 0.29) is 6.07 Å². The fraction of sp³-hybridized carbons (Fsp3) is 0.600. The van der Waals surface area contributed by atoms with Gasteiger partial charge in [0.1, 0.15) is 5.69 Å². The van der Waals surface area contributed by atoms with Crippen LogP contribution in [0.4, 0.5) is 54.2 Å². The lowest BCUT2D eigenvalue weighted by molar-refractivity contribution is -0.488. The number of rotatable bonds is 4.